The molecule has 0 aliphatic rings. The number of aliphatic hydroxyl groups excluding tert-OH is 1. The van der Waals surface area contributed by atoms with E-state index in [9.17, 15) is 24.3 Å². The number of amides is 3. The topological polar surface area (TPSA) is 176 Å². The fraction of sp³-hybridized carbons (Fsp3) is 0.833. The highest BCUT2D eigenvalue weighted by Gasteiger charge is 2.26. The minimum absolute atomic E-state index is 0.0240. The maximum Gasteiger partial charge on any atom is 0.246 e. The molecule has 0 aliphatic carbocycles. The average Bonchev–Trinajstić information content (AvgIpc) is 2.82. The zero-order valence-electron chi connectivity index (χ0n) is 21.9. The Morgan fingerprint density at radius 2 is 1.36 bits per heavy atom. The number of unbranched alkanes of at least 4 members (excludes halogenated alkanes) is 1. The lowest BCUT2D eigenvalue weighted by Gasteiger charge is -2.18. The number of nitrogens with one attached hydrogen (secondary N) is 2. The van der Waals surface area contributed by atoms with E-state index in [1.54, 1.807) is 6.92 Å². The number of nitrogens with two attached hydrogens (primary N) is 1. The van der Waals surface area contributed by atoms with Gasteiger partial charge in [-0.15, -0.1) is 0 Å². The average molecular weight is 520 g/mol. The van der Waals surface area contributed by atoms with Gasteiger partial charge in [0.05, 0.1) is 45.1 Å². The van der Waals surface area contributed by atoms with Crippen LogP contribution in [0, 0.1) is 11.8 Å². The van der Waals surface area contributed by atoms with E-state index in [1.165, 1.54) is 6.92 Å². The number of hydrogen-bond donors (Lipinski definition) is 4. The Kier molecular flexibility index (Phi) is 20.8. The van der Waals surface area contributed by atoms with E-state index in [4.69, 9.17) is 24.7 Å². The number of carbonyl (C=O) groups excluding carboxylic acids is 4. The van der Waals surface area contributed by atoms with Crippen molar-refractivity contribution in [1.29, 1.82) is 0 Å². The molecule has 5 N–H and O–H groups in total. The molecule has 0 heterocycles. The van der Waals surface area contributed by atoms with Crippen molar-refractivity contribution in [2.45, 2.75) is 52.6 Å². The van der Waals surface area contributed by atoms with E-state index >= 15 is 0 Å². The molecule has 0 unspecified atom stereocenters. The molecule has 3 atom stereocenters. The predicted molar refractivity (Wildman–Crippen MR) is 132 cm³/mol. The second-order valence-electron chi connectivity index (χ2n) is 8.43. The zero-order valence-corrected chi connectivity index (χ0v) is 21.9. The summed E-state index contributed by atoms with van der Waals surface area (Å²) in [6, 6.07) is 0. The van der Waals surface area contributed by atoms with Crippen LogP contribution in [-0.4, -0.2) is 101 Å². The van der Waals surface area contributed by atoms with Gasteiger partial charge in [-0.05, 0) is 26.7 Å². The molecule has 0 aliphatic heterocycles. The van der Waals surface area contributed by atoms with Crippen LogP contribution in [0.4, 0.5) is 0 Å². The molecule has 3 amide bonds. The summed E-state index contributed by atoms with van der Waals surface area (Å²) in [6.07, 6.45) is 1.02. The molecular weight excluding hydrogens is 474 g/mol. The Labute approximate surface area is 213 Å². The fourth-order valence-corrected chi connectivity index (χ4v) is 3.07. The van der Waals surface area contributed by atoms with Gasteiger partial charge in [-0.3, -0.25) is 19.2 Å². The summed E-state index contributed by atoms with van der Waals surface area (Å²) in [4.78, 5) is 46.8. The summed E-state index contributed by atoms with van der Waals surface area (Å²) in [5, 5.41) is 15.0. The first-order valence-electron chi connectivity index (χ1n) is 12.5. The fourth-order valence-electron chi connectivity index (χ4n) is 3.07. The van der Waals surface area contributed by atoms with Gasteiger partial charge in [0, 0.05) is 32.0 Å². The molecule has 12 nitrogen and oxygen atoms in total. The van der Waals surface area contributed by atoms with Gasteiger partial charge < -0.3 is 40.4 Å². The van der Waals surface area contributed by atoms with Crippen LogP contribution in [0.1, 0.15) is 46.5 Å². The number of hydrogen-bond acceptors (Lipinski definition) is 9. The number of ether oxygens (including phenoxy) is 4. The Hall–Kier alpha value is -2.12. The van der Waals surface area contributed by atoms with Gasteiger partial charge in [-0.2, -0.15) is 0 Å². The molecular formula is C24H45N3O9. The third kappa shape index (κ3) is 19.1. The molecule has 0 saturated carbocycles. The van der Waals surface area contributed by atoms with Gasteiger partial charge in [-0.1, -0.05) is 13.3 Å². The highest BCUT2D eigenvalue weighted by Crippen LogP contribution is 2.16. The number of ketones is 1. The number of carbonyl (C=O) groups is 4. The molecule has 210 valence electrons. The van der Waals surface area contributed by atoms with Crippen LogP contribution in [0.3, 0.4) is 0 Å². The summed E-state index contributed by atoms with van der Waals surface area (Å²) >= 11 is 0. The normalized spacial score (nSPS) is 13.6. The monoisotopic (exact) mass is 519 g/mol. The van der Waals surface area contributed by atoms with Gasteiger partial charge >= 0.3 is 0 Å². The van der Waals surface area contributed by atoms with Crippen LogP contribution >= 0.6 is 0 Å². The molecule has 0 aromatic heterocycles. The van der Waals surface area contributed by atoms with Gasteiger partial charge in [-0.25, -0.2) is 0 Å². The van der Waals surface area contributed by atoms with E-state index in [1.807, 2.05) is 6.92 Å². The van der Waals surface area contributed by atoms with E-state index in [-0.39, 0.29) is 49.8 Å². The zero-order chi connectivity index (χ0) is 27.2. The number of rotatable bonds is 24. The van der Waals surface area contributed by atoms with Crippen molar-refractivity contribution in [2.75, 3.05) is 65.9 Å². The standard InChI is InChI=1S/C24H45N3O9/c1-4-33-11-13-35-17-23(31)27-9-10-34-12-14-36-16-22(30)26-8-6-5-7-18(2)21(29)15-20(19(3)28)24(25)32/h18-20,28H,4-17H2,1-3H3,(H2,25,32)(H,26,30)(H,27,31)/t18-,19+,20-/m0/s1. The lowest BCUT2D eigenvalue weighted by molar-refractivity contribution is -0.132. The quantitative estimate of drug-likeness (QED) is 0.123. The van der Waals surface area contributed by atoms with Crippen LogP contribution in [0.2, 0.25) is 0 Å². The number of Topliss-reactive ketones (excluding diaryl/α,β-unsaturated/α-hetero) is 1. The first-order chi connectivity index (χ1) is 17.2. The molecule has 0 fully saturated rings. The summed E-state index contributed by atoms with van der Waals surface area (Å²) < 4.78 is 20.8. The van der Waals surface area contributed by atoms with Crippen LogP contribution in [0.15, 0.2) is 0 Å². The summed E-state index contributed by atoms with van der Waals surface area (Å²) in [5.74, 6) is -2.37. The van der Waals surface area contributed by atoms with Crippen molar-refractivity contribution in [2.24, 2.45) is 17.6 Å². The van der Waals surface area contributed by atoms with Gasteiger partial charge in [0.2, 0.25) is 17.7 Å². The molecule has 0 spiro atoms. The lowest BCUT2D eigenvalue weighted by Crippen LogP contribution is -2.34. The number of aliphatic hydroxyl groups is 1. The SMILES string of the molecule is CCOCCOCC(=O)NCCOCCOCC(=O)NCCCC[C@H](C)C(=O)C[C@H](C(N)=O)[C@@H](C)O. The van der Waals surface area contributed by atoms with Gasteiger partial charge in [0.25, 0.3) is 0 Å². The number of primary amides is 1. The second-order valence-corrected chi connectivity index (χ2v) is 8.43. The van der Waals surface area contributed by atoms with Crippen molar-refractivity contribution in [3.63, 3.8) is 0 Å². The molecule has 0 saturated heterocycles. The first-order valence-corrected chi connectivity index (χ1v) is 12.5. The van der Waals surface area contributed by atoms with Crippen molar-refractivity contribution in [3.8, 4) is 0 Å². The van der Waals surface area contributed by atoms with Crippen molar-refractivity contribution >= 4 is 23.5 Å². The molecule has 12 heteroatoms. The third-order valence-electron chi connectivity index (χ3n) is 5.29. The molecule has 0 rings (SSSR count). The molecule has 0 bridgehead atoms. The minimum atomic E-state index is -0.961. The summed E-state index contributed by atoms with van der Waals surface area (Å²) in [6.45, 7) is 8.13. The minimum Gasteiger partial charge on any atom is -0.393 e. The van der Waals surface area contributed by atoms with E-state index in [0.29, 0.717) is 59.0 Å². The highest BCUT2D eigenvalue weighted by molar-refractivity contribution is 5.87. The molecule has 36 heavy (non-hydrogen) atoms. The Morgan fingerprint density at radius 3 is 1.92 bits per heavy atom. The highest BCUT2D eigenvalue weighted by atomic mass is 16.5. The van der Waals surface area contributed by atoms with Crippen LogP contribution in [0.5, 0.6) is 0 Å². The Morgan fingerprint density at radius 1 is 0.806 bits per heavy atom. The lowest BCUT2D eigenvalue weighted by atomic mass is 9.89. The van der Waals surface area contributed by atoms with Crippen LogP contribution in [0.25, 0.3) is 0 Å². The summed E-state index contributed by atoms with van der Waals surface area (Å²) in [7, 11) is 0. The van der Waals surface area contributed by atoms with E-state index < -0.39 is 17.9 Å². The Bertz CT molecular complexity index is 632. The van der Waals surface area contributed by atoms with Crippen molar-refractivity contribution < 1.29 is 43.2 Å². The third-order valence-corrected chi connectivity index (χ3v) is 5.29. The maximum atomic E-state index is 12.2. The van der Waals surface area contributed by atoms with Gasteiger partial charge in [0.1, 0.15) is 19.0 Å². The summed E-state index contributed by atoms with van der Waals surface area (Å²) in [5.41, 5.74) is 5.23. The second kappa shape index (κ2) is 22.1. The van der Waals surface area contributed by atoms with Crippen molar-refractivity contribution in [3.05, 3.63) is 0 Å². The maximum absolute atomic E-state index is 12.2. The molecule has 0 aromatic carbocycles. The Balaban J connectivity index is 3.62. The van der Waals surface area contributed by atoms with Crippen molar-refractivity contribution in [1.82, 2.24) is 10.6 Å². The van der Waals surface area contributed by atoms with Crippen LogP contribution < -0.4 is 16.4 Å². The van der Waals surface area contributed by atoms with E-state index in [2.05, 4.69) is 10.6 Å². The van der Waals surface area contributed by atoms with Gasteiger partial charge in [0.15, 0.2) is 0 Å². The molecule has 0 aromatic rings. The van der Waals surface area contributed by atoms with E-state index in [0.717, 1.165) is 6.42 Å². The smallest absolute Gasteiger partial charge is 0.246 e. The van der Waals surface area contributed by atoms with Crippen LogP contribution in [-0.2, 0) is 38.1 Å². The largest absolute Gasteiger partial charge is 0.393 e. The molecule has 0 radical (unpaired) electrons. The first kappa shape index (κ1) is 33.9. The predicted octanol–water partition coefficient (Wildman–Crippen LogP) is -0.447.